The van der Waals surface area contributed by atoms with E-state index in [4.69, 9.17) is 0 Å². The molecule has 2 aliphatic heterocycles. The van der Waals surface area contributed by atoms with E-state index in [-0.39, 0.29) is 17.1 Å². The van der Waals surface area contributed by atoms with Crippen molar-refractivity contribution in [1.29, 1.82) is 0 Å². The molecule has 0 aliphatic carbocycles. The van der Waals surface area contributed by atoms with Gasteiger partial charge >= 0.3 is 0 Å². The Hall–Kier alpha value is -0.940. The van der Waals surface area contributed by atoms with Crippen molar-refractivity contribution in [1.82, 2.24) is 10.2 Å². The molecule has 3 nitrogen and oxygen atoms in total. The van der Waals surface area contributed by atoms with Crippen molar-refractivity contribution >= 4 is 21.8 Å². The molecular formula is C16H20BrFN2O. The van der Waals surface area contributed by atoms with Crippen molar-refractivity contribution in [2.75, 3.05) is 26.2 Å². The number of piperidine rings is 2. The van der Waals surface area contributed by atoms with Gasteiger partial charge in [0.15, 0.2) is 0 Å². The van der Waals surface area contributed by atoms with Crippen LogP contribution in [-0.4, -0.2) is 37.0 Å². The number of halogens is 2. The molecule has 2 fully saturated rings. The fraction of sp³-hybridized carbons (Fsp3) is 0.562. The zero-order valence-corrected chi connectivity index (χ0v) is 13.6. The molecule has 2 saturated heterocycles. The van der Waals surface area contributed by atoms with Crippen LogP contribution in [0.1, 0.15) is 36.0 Å². The smallest absolute Gasteiger partial charge is 0.254 e. The maximum atomic E-state index is 13.5. The van der Waals surface area contributed by atoms with E-state index in [9.17, 15) is 9.18 Å². The Kier molecular flexibility index (Phi) is 4.31. The van der Waals surface area contributed by atoms with Gasteiger partial charge in [0, 0.05) is 35.1 Å². The van der Waals surface area contributed by atoms with Gasteiger partial charge in [-0.3, -0.25) is 4.79 Å². The second-order valence-corrected chi connectivity index (χ2v) is 7.18. The molecule has 0 saturated carbocycles. The predicted molar refractivity (Wildman–Crippen MR) is 83.8 cm³/mol. The van der Waals surface area contributed by atoms with E-state index >= 15 is 0 Å². The van der Waals surface area contributed by atoms with E-state index in [1.54, 1.807) is 6.07 Å². The highest BCUT2D eigenvalue weighted by Gasteiger charge is 2.38. The van der Waals surface area contributed by atoms with Gasteiger partial charge in [0.25, 0.3) is 5.91 Å². The lowest BCUT2D eigenvalue weighted by molar-refractivity contribution is 0.0433. The first-order valence-electron chi connectivity index (χ1n) is 7.54. The van der Waals surface area contributed by atoms with Gasteiger partial charge < -0.3 is 10.2 Å². The summed E-state index contributed by atoms with van der Waals surface area (Å²) in [7, 11) is 0. The van der Waals surface area contributed by atoms with E-state index in [1.165, 1.54) is 31.4 Å². The van der Waals surface area contributed by atoms with Crippen LogP contribution in [0.4, 0.5) is 4.39 Å². The third-order valence-corrected chi connectivity index (χ3v) is 5.08. The number of carbonyl (C=O) groups excluding carboxylic acids is 1. The third kappa shape index (κ3) is 3.29. The minimum Gasteiger partial charge on any atom is -0.338 e. The Morgan fingerprint density at radius 3 is 2.81 bits per heavy atom. The maximum Gasteiger partial charge on any atom is 0.254 e. The number of hydrogen-bond donors (Lipinski definition) is 1. The Balaban J connectivity index is 1.77. The van der Waals surface area contributed by atoms with Gasteiger partial charge in [-0.25, -0.2) is 4.39 Å². The molecule has 1 unspecified atom stereocenters. The van der Waals surface area contributed by atoms with Gasteiger partial charge in [-0.15, -0.1) is 0 Å². The normalized spacial score (nSPS) is 26.1. The molecule has 1 aromatic carbocycles. The van der Waals surface area contributed by atoms with Crippen molar-refractivity contribution in [2.24, 2.45) is 5.41 Å². The summed E-state index contributed by atoms with van der Waals surface area (Å²) in [6.45, 7) is 3.62. The van der Waals surface area contributed by atoms with Crippen LogP contribution in [-0.2, 0) is 0 Å². The van der Waals surface area contributed by atoms with Crippen LogP contribution in [0, 0.1) is 11.2 Å². The number of rotatable bonds is 1. The molecule has 1 amide bonds. The predicted octanol–water partition coefficient (Wildman–Crippen LogP) is 3.19. The molecule has 1 N–H and O–H groups in total. The molecule has 0 radical (unpaired) electrons. The largest absolute Gasteiger partial charge is 0.338 e. The van der Waals surface area contributed by atoms with Gasteiger partial charge in [-0.05, 0) is 50.4 Å². The Labute approximate surface area is 133 Å². The first-order valence-corrected chi connectivity index (χ1v) is 8.33. The van der Waals surface area contributed by atoms with E-state index in [1.807, 2.05) is 4.90 Å². The molecule has 114 valence electrons. The van der Waals surface area contributed by atoms with Crippen LogP contribution >= 0.6 is 15.9 Å². The lowest BCUT2D eigenvalue weighted by Crippen LogP contribution is -2.52. The summed E-state index contributed by atoms with van der Waals surface area (Å²) < 4.78 is 14.1. The summed E-state index contributed by atoms with van der Waals surface area (Å²) in [5.74, 6) is -0.432. The topological polar surface area (TPSA) is 32.3 Å². The van der Waals surface area contributed by atoms with Crippen molar-refractivity contribution in [3.8, 4) is 0 Å². The van der Waals surface area contributed by atoms with Crippen LogP contribution in [0.3, 0.4) is 0 Å². The van der Waals surface area contributed by atoms with Gasteiger partial charge in [-0.2, -0.15) is 0 Å². The van der Waals surface area contributed by atoms with Gasteiger partial charge in [0.2, 0.25) is 0 Å². The van der Waals surface area contributed by atoms with Crippen LogP contribution in [0.15, 0.2) is 22.7 Å². The number of amides is 1. The van der Waals surface area contributed by atoms with Crippen LogP contribution in [0.2, 0.25) is 0 Å². The monoisotopic (exact) mass is 354 g/mol. The Bertz CT molecular complexity index is 517. The van der Waals surface area contributed by atoms with Crippen LogP contribution < -0.4 is 5.32 Å². The molecule has 2 aliphatic rings. The second kappa shape index (κ2) is 6.05. The van der Waals surface area contributed by atoms with Gasteiger partial charge in [0.1, 0.15) is 5.82 Å². The number of hydrogen-bond acceptors (Lipinski definition) is 2. The third-order valence-electron chi connectivity index (χ3n) is 4.62. The maximum absolute atomic E-state index is 13.5. The molecule has 5 heteroatoms. The Morgan fingerprint density at radius 2 is 2.10 bits per heavy atom. The highest BCUT2D eigenvalue weighted by Crippen LogP contribution is 2.36. The first-order chi connectivity index (χ1) is 10.1. The zero-order chi connectivity index (χ0) is 14.9. The summed E-state index contributed by atoms with van der Waals surface area (Å²) in [4.78, 5) is 14.5. The zero-order valence-electron chi connectivity index (χ0n) is 12.0. The second-order valence-electron chi connectivity index (χ2n) is 6.27. The van der Waals surface area contributed by atoms with Crippen molar-refractivity contribution in [3.05, 3.63) is 34.1 Å². The number of carbonyl (C=O) groups is 1. The van der Waals surface area contributed by atoms with E-state index in [2.05, 4.69) is 21.2 Å². The minimum atomic E-state index is -0.376. The van der Waals surface area contributed by atoms with Gasteiger partial charge in [-0.1, -0.05) is 15.9 Å². The fourth-order valence-electron chi connectivity index (χ4n) is 3.62. The summed E-state index contributed by atoms with van der Waals surface area (Å²) in [5, 5.41) is 3.46. The average Bonchev–Trinajstić information content (AvgIpc) is 2.46. The summed E-state index contributed by atoms with van der Waals surface area (Å²) >= 11 is 3.25. The molecule has 1 atom stereocenters. The quantitative estimate of drug-likeness (QED) is 0.839. The summed E-state index contributed by atoms with van der Waals surface area (Å²) in [6.07, 6.45) is 4.56. The van der Waals surface area contributed by atoms with Gasteiger partial charge in [0.05, 0.1) is 0 Å². The molecule has 21 heavy (non-hydrogen) atoms. The fourth-order valence-corrected chi connectivity index (χ4v) is 4.09. The molecule has 1 aromatic rings. The number of nitrogens with one attached hydrogen (secondary N) is 1. The molecule has 0 aromatic heterocycles. The lowest BCUT2D eigenvalue weighted by atomic mass is 9.74. The number of nitrogens with zero attached hydrogens (tertiary/aromatic N) is 1. The van der Waals surface area contributed by atoms with Crippen LogP contribution in [0.5, 0.6) is 0 Å². The van der Waals surface area contributed by atoms with E-state index in [0.29, 0.717) is 10.0 Å². The molecule has 3 rings (SSSR count). The average molecular weight is 355 g/mol. The highest BCUT2D eigenvalue weighted by atomic mass is 79.9. The van der Waals surface area contributed by atoms with Crippen molar-refractivity contribution in [2.45, 2.75) is 25.7 Å². The standard InChI is InChI=1S/C16H20BrFN2O/c17-13-7-12(8-14(18)9-13)15(21)20-6-2-4-16(11-20)3-1-5-19-10-16/h7-9,19H,1-6,10-11H2. The van der Waals surface area contributed by atoms with Crippen molar-refractivity contribution < 1.29 is 9.18 Å². The Morgan fingerprint density at radius 1 is 1.29 bits per heavy atom. The molecule has 0 bridgehead atoms. The first kappa shape index (κ1) is 15.0. The molecule has 2 heterocycles. The SMILES string of the molecule is O=C(c1cc(F)cc(Br)c1)N1CCCC2(CCCNC2)C1. The van der Waals surface area contributed by atoms with E-state index in [0.717, 1.165) is 32.6 Å². The van der Waals surface area contributed by atoms with Crippen LogP contribution in [0.25, 0.3) is 0 Å². The number of likely N-dealkylation sites (tertiary alicyclic amines) is 1. The highest BCUT2D eigenvalue weighted by molar-refractivity contribution is 9.10. The summed E-state index contributed by atoms with van der Waals surface area (Å²) in [5.41, 5.74) is 0.652. The molecule has 1 spiro atoms. The minimum absolute atomic E-state index is 0.0557. The lowest BCUT2D eigenvalue weighted by Gasteiger charge is -2.45. The molecular weight excluding hydrogens is 335 g/mol. The van der Waals surface area contributed by atoms with Crippen molar-refractivity contribution in [3.63, 3.8) is 0 Å². The number of benzene rings is 1. The summed E-state index contributed by atoms with van der Waals surface area (Å²) in [6, 6.07) is 4.40. The van der Waals surface area contributed by atoms with E-state index < -0.39 is 0 Å².